The Morgan fingerprint density at radius 3 is 2.48 bits per heavy atom. The zero-order valence-corrected chi connectivity index (χ0v) is 26.7. The van der Waals surface area contributed by atoms with Crippen molar-refractivity contribution in [3.05, 3.63) is 35.2 Å². The van der Waals surface area contributed by atoms with Crippen molar-refractivity contribution in [3.63, 3.8) is 0 Å². The van der Waals surface area contributed by atoms with Gasteiger partial charge in [-0.05, 0) is 70.6 Å². The fourth-order valence-corrected chi connectivity index (χ4v) is 4.60. The topological polar surface area (TPSA) is 170 Å². The molecule has 0 spiro atoms. The van der Waals surface area contributed by atoms with Crippen LogP contribution in [-0.2, 0) is 27.1 Å². The summed E-state index contributed by atoms with van der Waals surface area (Å²) in [7, 11) is 3.22. The Kier molecular flexibility index (Phi) is 12.6. The van der Waals surface area contributed by atoms with Gasteiger partial charge in [0.1, 0.15) is 11.4 Å². The van der Waals surface area contributed by atoms with Crippen molar-refractivity contribution in [2.24, 2.45) is 5.73 Å². The zero-order valence-electron chi connectivity index (χ0n) is 26.7. The molecular formula is C31H47N7O6. The maximum atomic E-state index is 12.4. The van der Waals surface area contributed by atoms with Gasteiger partial charge in [0, 0.05) is 57.6 Å². The Morgan fingerprint density at radius 1 is 1.11 bits per heavy atom. The number of nitrogens with two attached hydrogens (primary N) is 1. The average molecular weight is 614 g/mol. The van der Waals surface area contributed by atoms with Crippen LogP contribution in [0.1, 0.15) is 75.1 Å². The van der Waals surface area contributed by atoms with E-state index in [0.29, 0.717) is 68.5 Å². The summed E-state index contributed by atoms with van der Waals surface area (Å²) in [5.74, 6) is 0.658. The quantitative estimate of drug-likeness (QED) is 0.246. The first-order valence-corrected chi connectivity index (χ1v) is 15.1. The van der Waals surface area contributed by atoms with Crippen LogP contribution in [0.25, 0.3) is 0 Å². The Labute approximate surface area is 259 Å². The van der Waals surface area contributed by atoms with Gasteiger partial charge in [0.05, 0.1) is 12.8 Å². The minimum atomic E-state index is -0.685. The Bertz CT molecular complexity index is 1290. The standard InChI is InChI=1S/C31H47N7O6/c1-7-24-28(34-21-11-15-43-16-12-21)37-29(26(36-24)27(32)40)35-22-17-20(18-23(19-22)42-6)10-13-33-25(39)9-8-14-38(5)30(41)44-31(2,3)4/h17-19,21H,7-16H2,1-6H3,(H2,32,40)(H,33,39)(H2,34,35,37). The van der Waals surface area contributed by atoms with Gasteiger partial charge in [-0.2, -0.15) is 0 Å². The van der Waals surface area contributed by atoms with Crippen molar-refractivity contribution in [2.75, 3.05) is 51.1 Å². The number of ether oxygens (including phenoxy) is 3. The number of anilines is 3. The minimum absolute atomic E-state index is 0.0494. The van der Waals surface area contributed by atoms with E-state index in [4.69, 9.17) is 24.9 Å². The number of primary amides is 1. The third-order valence-electron chi connectivity index (χ3n) is 6.90. The SMILES string of the molecule is CCc1nc(C(N)=O)c(Nc2cc(CCNC(=O)CCCN(C)C(=O)OC(C)(C)C)cc(OC)c2)nc1NC1CCOCC1. The monoisotopic (exact) mass is 613 g/mol. The van der Waals surface area contributed by atoms with E-state index < -0.39 is 17.6 Å². The summed E-state index contributed by atoms with van der Waals surface area (Å²) in [6, 6.07) is 5.76. The summed E-state index contributed by atoms with van der Waals surface area (Å²) in [6.45, 7) is 9.56. The average Bonchev–Trinajstić information content (AvgIpc) is 2.96. The predicted molar refractivity (Wildman–Crippen MR) is 168 cm³/mol. The van der Waals surface area contributed by atoms with Gasteiger partial charge in [-0.3, -0.25) is 9.59 Å². The molecule has 0 radical (unpaired) electrons. The number of amides is 3. The number of carbonyl (C=O) groups is 3. The second-order valence-electron chi connectivity index (χ2n) is 11.8. The molecule has 1 saturated heterocycles. The van der Waals surface area contributed by atoms with Crippen LogP contribution in [0.4, 0.5) is 22.1 Å². The van der Waals surface area contributed by atoms with Crippen LogP contribution in [0, 0.1) is 0 Å². The summed E-state index contributed by atoms with van der Waals surface area (Å²) in [6.07, 6.45) is 3.20. The molecule has 0 aliphatic carbocycles. The second kappa shape index (κ2) is 16.1. The first-order chi connectivity index (χ1) is 20.9. The van der Waals surface area contributed by atoms with Gasteiger partial charge in [-0.15, -0.1) is 0 Å². The lowest BCUT2D eigenvalue weighted by molar-refractivity contribution is -0.121. The summed E-state index contributed by atoms with van der Waals surface area (Å²) < 4.78 is 16.3. The molecule has 2 aromatic rings. The zero-order chi connectivity index (χ0) is 32.3. The molecule has 1 aromatic carbocycles. The predicted octanol–water partition coefficient (Wildman–Crippen LogP) is 3.79. The van der Waals surface area contributed by atoms with E-state index in [9.17, 15) is 14.4 Å². The maximum Gasteiger partial charge on any atom is 0.410 e. The van der Waals surface area contributed by atoms with Crippen molar-refractivity contribution in [1.29, 1.82) is 0 Å². The number of aryl methyl sites for hydroxylation is 1. The highest BCUT2D eigenvalue weighted by Gasteiger charge is 2.22. The highest BCUT2D eigenvalue weighted by atomic mass is 16.6. The van der Waals surface area contributed by atoms with Gasteiger partial charge in [-0.25, -0.2) is 14.8 Å². The highest BCUT2D eigenvalue weighted by Crippen LogP contribution is 2.27. The molecule has 1 aromatic heterocycles. The Balaban J connectivity index is 1.63. The molecule has 0 bridgehead atoms. The van der Waals surface area contributed by atoms with Crippen molar-refractivity contribution < 1.29 is 28.6 Å². The second-order valence-corrected chi connectivity index (χ2v) is 11.8. The summed E-state index contributed by atoms with van der Waals surface area (Å²) in [5.41, 5.74) is 7.36. The van der Waals surface area contributed by atoms with Crippen molar-refractivity contribution >= 4 is 35.2 Å². The van der Waals surface area contributed by atoms with Crippen LogP contribution in [-0.4, -0.2) is 84.9 Å². The molecule has 1 aliphatic rings. The number of nitrogens with one attached hydrogen (secondary N) is 3. The molecule has 44 heavy (non-hydrogen) atoms. The largest absolute Gasteiger partial charge is 0.497 e. The number of methoxy groups -OCH3 is 1. The molecule has 0 atom stereocenters. The van der Waals surface area contributed by atoms with Crippen molar-refractivity contribution in [3.8, 4) is 5.75 Å². The van der Waals surface area contributed by atoms with Crippen LogP contribution >= 0.6 is 0 Å². The van der Waals surface area contributed by atoms with E-state index in [-0.39, 0.29) is 29.9 Å². The van der Waals surface area contributed by atoms with Crippen molar-refractivity contribution in [2.45, 2.75) is 77.9 Å². The lowest BCUT2D eigenvalue weighted by Crippen LogP contribution is -2.35. The number of carbonyl (C=O) groups excluding carboxylic acids is 3. The molecule has 13 nitrogen and oxygen atoms in total. The van der Waals surface area contributed by atoms with E-state index in [0.717, 1.165) is 18.4 Å². The first kappa shape index (κ1) is 34.4. The van der Waals surface area contributed by atoms with Gasteiger partial charge in [0.25, 0.3) is 5.91 Å². The number of benzene rings is 1. The molecule has 1 aliphatic heterocycles. The van der Waals surface area contributed by atoms with Crippen LogP contribution in [0.3, 0.4) is 0 Å². The maximum absolute atomic E-state index is 12.4. The molecule has 3 rings (SSSR count). The van der Waals surface area contributed by atoms with Crippen LogP contribution in [0.15, 0.2) is 18.2 Å². The Hall–Kier alpha value is -4.13. The smallest absolute Gasteiger partial charge is 0.410 e. The van der Waals surface area contributed by atoms with Crippen LogP contribution in [0.2, 0.25) is 0 Å². The third-order valence-corrected chi connectivity index (χ3v) is 6.90. The molecule has 1 fully saturated rings. The molecule has 0 saturated carbocycles. The molecule has 5 N–H and O–H groups in total. The molecule has 0 unspecified atom stereocenters. The first-order valence-electron chi connectivity index (χ1n) is 15.1. The number of nitrogens with zero attached hydrogens (tertiary/aromatic N) is 3. The van der Waals surface area contributed by atoms with Gasteiger partial charge in [0.15, 0.2) is 17.3 Å². The number of hydrogen-bond donors (Lipinski definition) is 4. The third kappa shape index (κ3) is 10.9. The summed E-state index contributed by atoms with van der Waals surface area (Å²) in [5, 5.41) is 9.60. The van der Waals surface area contributed by atoms with Gasteiger partial charge < -0.3 is 40.8 Å². The molecular weight excluding hydrogens is 566 g/mol. The summed E-state index contributed by atoms with van der Waals surface area (Å²) in [4.78, 5) is 47.6. The summed E-state index contributed by atoms with van der Waals surface area (Å²) >= 11 is 0. The number of rotatable bonds is 14. The highest BCUT2D eigenvalue weighted by molar-refractivity contribution is 5.96. The van der Waals surface area contributed by atoms with Crippen LogP contribution < -0.4 is 26.4 Å². The molecule has 242 valence electrons. The van der Waals surface area contributed by atoms with E-state index in [2.05, 4.69) is 20.9 Å². The molecule has 13 heteroatoms. The normalized spacial score (nSPS) is 13.6. The van der Waals surface area contributed by atoms with Gasteiger partial charge in [-0.1, -0.05) is 6.92 Å². The fraction of sp³-hybridized carbons (Fsp3) is 0.581. The van der Waals surface area contributed by atoms with E-state index >= 15 is 0 Å². The van der Waals surface area contributed by atoms with E-state index in [1.54, 1.807) is 20.2 Å². The van der Waals surface area contributed by atoms with Gasteiger partial charge in [0.2, 0.25) is 5.91 Å². The fourth-order valence-electron chi connectivity index (χ4n) is 4.60. The lowest BCUT2D eigenvalue weighted by atomic mass is 10.1. The Morgan fingerprint density at radius 2 is 1.84 bits per heavy atom. The minimum Gasteiger partial charge on any atom is -0.497 e. The van der Waals surface area contributed by atoms with E-state index in [1.165, 1.54) is 4.90 Å². The lowest BCUT2D eigenvalue weighted by Gasteiger charge is -2.25. The number of hydrogen-bond acceptors (Lipinski definition) is 10. The number of aromatic nitrogens is 2. The van der Waals surface area contributed by atoms with Gasteiger partial charge >= 0.3 is 6.09 Å². The van der Waals surface area contributed by atoms with Crippen molar-refractivity contribution in [1.82, 2.24) is 20.2 Å². The molecule has 3 amide bonds. The van der Waals surface area contributed by atoms with E-state index in [1.807, 2.05) is 39.8 Å². The molecule has 2 heterocycles. The van der Waals surface area contributed by atoms with Crippen LogP contribution in [0.5, 0.6) is 5.75 Å².